The van der Waals surface area contributed by atoms with Crippen molar-refractivity contribution in [2.24, 2.45) is 16.5 Å². The van der Waals surface area contributed by atoms with Crippen molar-refractivity contribution in [1.82, 2.24) is 0 Å². The fourth-order valence-electron chi connectivity index (χ4n) is 7.36. The third kappa shape index (κ3) is 13.1. The molecule has 3 aliphatic heterocycles. The molecule has 16 nitrogen and oxygen atoms in total. The van der Waals surface area contributed by atoms with Crippen LogP contribution >= 0.6 is 0 Å². The molecule has 3 aliphatic rings. The number of benzene rings is 1. The molecule has 0 spiro atoms. The molecular weight excluding hydrogens is 718 g/mol. The van der Waals surface area contributed by atoms with E-state index in [9.17, 15) is 35.7 Å². The molecule has 55 heavy (non-hydrogen) atoms. The van der Waals surface area contributed by atoms with Gasteiger partial charge in [0.1, 0.15) is 61.0 Å². The normalized spacial score (nSPS) is 37.1. The largest absolute Gasteiger partial charge is 0.394 e. The van der Waals surface area contributed by atoms with Gasteiger partial charge < -0.3 is 75.6 Å². The average Bonchev–Trinajstić information content (AvgIpc) is 3.19. The van der Waals surface area contributed by atoms with E-state index in [-0.39, 0.29) is 0 Å². The second kappa shape index (κ2) is 24.3. The van der Waals surface area contributed by atoms with Gasteiger partial charge in [-0.25, -0.2) is 0 Å². The molecular formula is C39H67N3O13. The van der Waals surface area contributed by atoms with Gasteiger partial charge in [0.2, 0.25) is 0 Å². The van der Waals surface area contributed by atoms with Gasteiger partial charge in [-0.1, -0.05) is 108 Å². The van der Waals surface area contributed by atoms with Crippen LogP contribution in [0.2, 0.25) is 0 Å². The van der Waals surface area contributed by atoms with Crippen LogP contribution in [0.4, 0.5) is 0 Å². The lowest BCUT2D eigenvalue weighted by molar-refractivity contribution is -0.349. The summed E-state index contributed by atoms with van der Waals surface area (Å²) in [6.45, 7) is 0.663. The number of nitrogens with zero attached hydrogens (tertiary/aromatic N) is 1. The molecule has 0 saturated carbocycles. The van der Waals surface area contributed by atoms with Gasteiger partial charge in [0.05, 0.1) is 31.9 Å². The molecule has 0 radical (unpaired) electrons. The van der Waals surface area contributed by atoms with Crippen molar-refractivity contribution in [1.29, 1.82) is 0 Å². The number of aliphatic imine (C=N–C) groups is 1. The van der Waals surface area contributed by atoms with Gasteiger partial charge in [-0.15, -0.1) is 0 Å². The number of hydrogen-bond donors (Lipinski definition) is 9. The second-order valence-corrected chi connectivity index (χ2v) is 14.9. The molecule has 4 rings (SSSR count). The first-order valence-electron chi connectivity index (χ1n) is 20.2. The Morgan fingerprint density at radius 3 is 1.76 bits per heavy atom. The lowest BCUT2D eigenvalue weighted by atomic mass is 9.94. The average molecular weight is 786 g/mol. The number of nitrogens with two attached hydrogens (primary N) is 2. The molecule has 1 aromatic carbocycles. The number of ether oxygens (including phenoxy) is 6. The molecule has 16 heteroatoms. The van der Waals surface area contributed by atoms with Gasteiger partial charge in [0.25, 0.3) is 0 Å². The summed E-state index contributed by atoms with van der Waals surface area (Å²) in [6.07, 6.45) is -0.132. The van der Waals surface area contributed by atoms with Gasteiger partial charge in [0.15, 0.2) is 18.9 Å². The van der Waals surface area contributed by atoms with E-state index in [1.165, 1.54) is 57.6 Å². The fourth-order valence-corrected chi connectivity index (χ4v) is 7.36. The van der Waals surface area contributed by atoms with Gasteiger partial charge in [-0.05, 0) is 12.0 Å². The maximum atomic E-state index is 11.8. The Morgan fingerprint density at radius 1 is 0.618 bits per heavy atom. The van der Waals surface area contributed by atoms with E-state index in [0.29, 0.717) is 12.2 Å². The van der Waals surface area contributed by atoms with Gasteiger partial charge in [0, 0.05) is 12.8 Å². The van der Waals surface area contributed by atoms with E-state index >= 15 is 0 Å². The van der Waals surface area contributed by atoms with Gasteiger partial charge >= 0.3 is 0 Å². The highest BCUT2D eigenvalue weighted by atomic mass is 16.7. The highest BCUT2D eigenvalue weighted by molar-refractivity contribution is 5.79. The number of aliphatic hydroxyl groups excluding tert-OH is 7. The summed E-state index contributed by atoms with van der Waals surface area (Å²) in [7, 11) is 0. The molecule has 15 atom stereocenters. The van der Waals surface area contributed by atoms with Crippen LogP contribution in [0.5, 0.6) is 0 Å². The third-order valence-corrected chi connectivity index (χ3v) is 10.7. The van der Waals surface area contributed by atoms with E-state index in [0.717, 1.165) is 25.7 Å². The Hall–Kier alpha value is -1.71. The van der Waals surface area contributed by atoms with Crippen LogP contribution in [-0.4, -0.2) is 160 Å². The molecule has 0 aliphatic carbocycles. The first kappa shape index (κ1) is 46.0. The first-order chi connectivity index (χ1) is 26.6. The summed E-state index contributed by atoms with van der Waals surface area (Å²) < 4.78 is 36.1. The maximum Gasteiger partial charge on any atom is 0.183 e. The minimum Gasteiger partial charge on any atom is -0.394 e. The topological polar surface area (TPSA) is 261 Å². The molecule has 3 saturated heterocycles. The molecule has 2 unspecified atom stereocenters. The Kier molecular flexibility index (Phi) is 20.3. The minimum absolute atomic E-state index is 0.316. The minimum atomic E-state index is -1.54. The smallest absolute Gasteiger partial charge is 0.183 e. The number of unbranched alkanes of at least 4 members (excludes halogenated alkanes) is 11. The van der Waals surface area contributed by atoms with Crippen LogP contribution in [0.1, 0.15) is 89.5 Å². The van der Waals surface area contributed by atoms with Gasteiger partial charge in [-0.2, -0.15) is 0 Å². The molecule has 316 valence electrons. The van der Waals surface area contributed by atoms with Crippen molar-refractivity contribution in [3.8, 4) is 0 Å². The van der Waals surface area contributed by atoms with Crippen LogP contribution in [0.3, 0.4) is 0 Å². The number of rotatable bonds is 23. The van der Waals surface area contributed by atoms with Crippen LogP contribution in [0.15, 0.2) is 35.3 Å². The Bertz CT molecular complexity index is 1200. The zero-order chi connectivity index (χ0) is 39.7. The standard InChI is InChI=1S/C39H67N3O13/c1-2-3-4-5-6-7-8-9-10-11-12-16-19-50-36-29(41)37(49)51-27(23-45)35(36)55-39-30(42-20-24-17-14-13-15-18-24)33(48)34(26(22-44)53-39)54-38-28(40)32(47)31(46)25(21-43)52-38/h13-15,17-18,20,25-39,43-49H,2-12,16,19,21-23,40-41H2,1H3/t25-,26-,27-,28-,29-,30-,31-,32-,33-,34?,35?,36-,37-,38+,39+/m1/s1. The predicted octanol–water partition coefficient (Wildman–Crippen LogP) is 0.212. The molecule has 3 fully saturated rings. The van der Waals surface area contributed by atoms with Crippen LogP contribution < -0.4 is 11.5 Å². The Morgan fingerprint density at radius 2 is 1.16 bits per heavy atom. The summed E-state index contributed by atoms with van der Waals surface area (Å²) in [6, 6.07) is 5.49. The summed E-state index contributed by atoms with van der Waals surface area (Å²) in [5.74, 6) is 0. The molecule has 11 N–H and O–H groups in total. The number of aliphatic hydroxyl groups is 7. The highest BCUT2D eigenvalue weighted by Crippen LogP contribution is 2.34. The molecule has 0 amide bonds. The zero-order valence-electron chi connectivity index (χ0n) is 32.1. The first-order valence-corrected chi connectivity index (χ1v) is 20.2. The van der Waals surface area contributed by atoms with Crippen molar-refractivity contribution in [2.45, 2.75) is 176 Å². The summed E-state index contributed by atoms with van der Waals surface area (Å²) >= 11 is 0. The predicted molar refractivity (Wildman–Crippen MR) is 202 cm³/mol. The summed E-state index contributed by atoms with van der Waals surface area (Å²) in [4.78, 5) is 4.61. The Balaban J connectivity index is 1.44. The number of hydrogen-bond acceptors (Lipinski definition) is 16. The van der Waals surface area contributed by atoms with Crippen LogP contribution in [0, 0.1) is 0 Å². The van der Waals surface area contributed by atoms with E-state index < -0.39 is 112 Å². The van der Waals surface area contributed by atoms with Crippen molar-refractivity contribution >= 4 is 6.21 Å². The SMILES string of the molecule is CCCCCCCCCCCCCCO[C@H]1C(O[C@@H]2O[C@H](CO)C(O[C@@H]3O[C@H](CO)[C@@H](O)[C@H](O)[C@H]3N)[C@H](O)[C@H]2N=Cc2ccccc2)[C@@H](CO)O[C@@H](O)[C@@H]1N. The van der Waals surface area contributed by atoms with Crippen LogP contribution in [0.25, 0.3) is 0 Å². The second-order valence-electron chi connectivity index (χ2n) is 14.9. The zero-order valence-corrected chi connectivity index (χ0v) is 32.1. The molecule has 0 bridgehead atoms. The quantitative estimate of drug-likeness (QED) is 0.0531. The van der Waals surface area contributed by atoms with E-state index in [1.807, 2.05) is 18.2 Å². The fraction of sp³-hybridized carbons (Fsp3) is 0.821. The maximum absolute atomic E-state index is 11.8. The van der Waals surface area contributed by atoms with E-state index in [2.05, 4.69) is 11.9 Å². The monoisotopic (exact) mass is 785 g/mol. The Labute approximate surface area is 324 Å². The summed E-state index contributed by atoms with van der Waals surface area (Å²) in [5.41, 5.74) is 13.2. The lowest BCUT2D eigenvalue weighted by Crippen LogP contribution is -2.68. The highest BCUT2D eigenvalue weighted by Gasteiger charge is 2.53. The van der Waals surface area contributed by atoms with Crippen molar-refractivity contribution < 1.29 is 64.2 Å². The van der Waals surface area contributed by atoms with Crippen molar-refractivity contribution in [2.75, 3.05) is 26.4 Å². The molecule has 3 heterocycles. The lowest BCUT2D eigenvalue weighted by Gasteiger charge is -2.49. The van der Waals surface area contributed by atoms with Crippen LogP contribution in [-0.2, 0) is 28.4 Å². The third-order valence-electron chi connectivity index (χ3n) is 10.7. The molecule has 1 aromatic rings. The van der Waals surface area contributed by atoms with Gasteiger partial charge in [-0.3, -0.25) is 4.99 Å². The van der Waals surface area contributed by atoms with Crippen molar-refractivity contribution in [3.63, 3.8) is 0 Å². The molecule has 0 aromatic heterocycles. The van der Waals surface area contributed by atoms with E-state index in [1.54, 1.807) is 12.1 Å². The summed E-state index contributed by atoms with van der Waals surface area (Å²) in [5, 5.41) is 73.7. The van der Waals surface area contributed by atoms with E-state index in [4.69, 9.17) is 39.9 Å². The van der Waals surface area contributed by atoms with Crippen molar-refractivity contribution in [3.05, 3.63) is 35.9 Å².